The highest BCUT2D eigenvalue weighted by molar-refractivity contribution is 5.79. The Bertz CT molecular complexity index is 1220. The van der Waals surface area contributed by atoms with E-state index < -0.39 is 0 Å². The van der Waals surface area contributed by atoms with Crippen LogP contribution in [0.15, 0.2) is 53.6 Å². The fraction of sp³-hybridized carbons (Fsp3) is 0.464. The number of carbonyl (C=O) groups is 1. The molecule has 186 valence electrons. The van der Waals surface area contributed by atoms with Crippen LogP contribution in [0.4, 0.5) is 4.79 Å². The Morgan fingerprint density at radius 2 is 2.06 bits per heavy atom. The Hall–Kier alpha value is -3.19. The van der Waals surface area contributed by atoms with Crippen molar-refractivity contribution in [3.05, 3.63) is 75.8 Å². The van der Waals surface area contributed by atoms with E-state index in [0.29, 0.717) is 32.8 Å². The number of piperidine rings is 1. The fourth-order valence-corrected chi connectivity index (χ4v) is 4.90. The van der Waals surface area contributed by atoms with Crippen LogP contribution in [-0.2, 0) is 24.9 Å². The Balaban J connectivity index is 1.61. The maximum absolute atomic E-state index is 13.4. The van der Waals surface area contributed by atoms with Crippen LogP contribution in [0.25, 0.3) is 10.9 Å². The first-order chi connectivity index (χ1) is 17.0. The molecule has 0 spiro atoms. The van der Waals surface area contributed by atoms with Gasteiger partial charge < -0.3 is 14.2 Å². The molecule has 1 fully saturated rings. The molecule has 1 saturated heterocycles. The minimum absolute atomic E-state index is 0.0706. The van der Waals surface area contributed by atoms with Gasteiger partial charge in [-0.1, -0.05) is 25.5 Å². The van der Waals surface area contributed by atoms with Crippen molar-refractivity contribution >= 4 is 17.0 Å². The maximum atomic E-state index is 13.4. The van der Waals surface area contributed by atoms with Gasteiger partial charge in [-0.2, -0.15) is 0 Å². The highest BCUT2D eigenvalue weighted by Gasteiger charge is 2.29. The van der Waals surface area contributed by atoms with Gasteiger partial charge in [-0.15, -0.1) is 0 Å². The standard InChI is InChI=1S/C28H36N4O3/c1-4-5-15-35-28(34)31-14-8-9-24(20-31)32(17-22-12-13-29-21(2)16-22)19-23-18-30(3)26-11-7-6-10-25(26)27(23)33/h6-7,10-13,16,18,24H,4-5,8-9,14-15,17,19-20H2,1-3H3/t24-/m0/s1. The Labute approximate surface area is 207 Å². The van der Waals surface area contributed by atoms with Gasteiger partial charge in [0.1, 0.15) is 0 Å². The van der Waals surface area contributed by atoms with Crippen LogP contribution in [0.1, 0.15) is 49.4 Å². The fourth-order valence-electron chi connectivity index (χ4n) is 4.90. The zero-order chi connectivity index (χ0) is 24.8. The molecule has 0 aliphatic carbocycles. The average Bonchev–Trinajstić information content (AvgIpc) is 2.87. The number of unbranched alkanes of at least 4 members (excludes halogenated alkanes) is 1. The van der Waals surface area contributed by atoms with Crippen LogP contribution < -0.4 is 5.43 Å². The molecular formula is C28H36N4O3. The van der Waals surface area contributed by atoms with E-state index in [4.69, 9.17) is 4.74 Å². The second kappa shape index (κ2) is 11.5. The van der Waals surface area contributed by atoms with Crippen molar-refractivity contribution < 1.29 is 9.53 Å². The van der Waals surface area contributed by atoms with Crippen molar-refractivity contribution in [2.24, 2.45) is 7.05 Å². The molecule has 1 aliphatic heterocycles. The summed E-state index contributed by atoms with van der Waals surface area (Å²) in [6.07, 6.45) is 7.30. The molecule has 1 aromatic carbocycles. The van der Waals surface area contributed by atoms with Crippen molar-refractivity contribution in [1.29, 1.82) is 0 Å². The molecule has 1 atom stereocenters. The van der Waals surface area contributed by atoms with Crippen LogP contribution in [-0.4, -0.2) is 51.2 Å². The van der Waals surface area contributed by atoms with Gasteiger partial charge in [0.05, 0.1) is 12.1 Å². The Morgan fingerprint density at radius 1 is 1.23 bits per heavy atom. The molecule has 2 aromatic heterocycles. The zero-order valence-corrected chi connectivity index (χ0v) is 21.1. The third-order valence-electron chi connectivity index (χ3n) is 6.78. The summed E-state index contributed by atoms with van der Waals surface area (Å²) in [5, 5.41) is 0.733. The lowest BCUT2D eigenvalue weighted by atomic mass is 10.0. The highest BCUT2D eigenvalue weighted by Crippen LogP contribution is 2.22. The molecule has 35 heavy (non-hydrogen) atoms. The minimum atomic E-state index is -0.232. The number of nitrogens with zero attached hydrogens (tertiary/aromatic N) is 4. The van der Waals surface area contributed by atoms with Crippen molar-refractivity contribution in [3.63, 3.8) is 0 Å². The molecule has 3 aromatic rings. The number of pyridine rings is 2. The van der Waals surface area contributed by atoms with Crippen LogP contribution >= 0.6 is 0 Å². The number of amides is 1. The number of carbonyl (C=O) groups excluding carboxylic acids is 1. The van der Waals surface area contributed by atoms with Gasteiger partial charge in [0.15, 0.2) is 5.43 Å². The summed E-state index contributed by atoms with van der Waals surface area (Å²) in [7, 11) is 1.98. The number of benzene rings is 1. The lowest BCUT2D eigenvalue weighted by Crippen LogP contribution is -2.49. The predicted octanol–water partition coefficient (Wildman–Crippen LogP) is 4.65. The van der Waals surface area contributed by atoms with Crippen LogP contribution in [0.2, 0.25) is 0 Å². The van der Waals surface area contributed by atoms with Gasteiger partial charge in [0.2, 0.25) is 0 Å². The van der Waals surface area contributed by atoms with E-state index in [9.17, 15) is 9.59 Å². The molecule has 7 heteroatoms. The number of ether oxygens (including phenoxy) is 1. The second-order valence-electron chi connectivity index (χ2n) is 9.53. The average molecular weight is 477 g/mol. The van der Waals surface area contributed by atoms with Gasteiger partial charge in [-0.25, -0.2) is 4.79 Å². The van der Waals surface area contributed by atoms with Gasteiger partial charge in [0.25, 0.3) is 0 Å². The summed E-state index contributed by atoms with van der Waals surface area (Å²) in [5.41, 5.74) is 3.88. The van der Waals surface area contributed by atoms with Gasteiger partial charge in [-0.05, 0) is 56.0 Å². The Morgan fingerprint density at radius 3 is 2.86 bits per heavy atom. The molecule has 1 amide bonds. The summed E-state index contributed by atoms with van der Waals surface area (Å²) >= 11 is 0. The number of aromatic nitrogens is 2. The number of aryl methyl sites for hydroxylation is 2. The molecule has 4 rings (SSSR count). The number of hydrogen-bond acceptors (Lipinski definition) is 5. The van der Waals surface area contributed by atoms with Gasteiger partial charge in [-0.3, -0.25) is 14.7 Å². The topological polar surface area (TPSA) is 67.7 Å². The number of likely N-dealkylation sites (tertiary alicyclic amines) is 1. The molecule has 0 radical (unpaired) electrons. The van der Waals surface area contributed by atoms with Crippen molar-refractivity contribution in [1.82, 2.24) is 19.4 Å². The lowest BCUT2D eigenvalue weighted by Gasteiger charge is -2.39. The van der Waals surface area contributed by atoms with Crippen molar-refractivity contribution in [3.8, 4) is 0 Å². The normalized spacial score (nSPS) is 16.1. The lowest BCUT2D eigenvalue weighted by molar-refractivity contribution is 0.0585. The third kappa shape index (κ3) is 6.09. The maximum Gasteiger partial charge on any atom is 0.409 e. The first-order valence-electron chi connectivity index (χ1n) is 12.6. The van der Waals surface area contributed by atoms with E-state index in [2.05, 4.69) is 22.9 Å². The van der Waals surface area contributed by atoms with E-state index in [1.807, 2.05) is 66.2 Å². The van der Waals surface area contributed by atoms with Crippen LogP contribution in [0.3, 0.4) is 0 Å². The number of rotatable bonds is 8. The summed E-state index contributed by atoms with van der Waals surface area (Å²) in [5.74, 6) is 0. The van der Waals surface area contributed by atoms with Gasteiger partial charge in [0, 0.05) is 68.3 Å². The quantitative estimate of drug-likeness (QED) is 0.443. The largest absolute Gasteiger partial charge is 0.449 e. The van der Waals surface area contributed by atoms with Crippen molar-refractivity contribution in [2.45, 2.75) is 58.7 Å². The number of para-hydroxylation sites is 1. The zero-order valence-electron chi connectivity index (χ0n) is 21.1. The first kappa shape index (κ1) is 24.9. The molecule has 0 N–H and O–H groups in total. The molecular weight excluding hydrogens is 440 g/mol. The van der Waals surface area contributed by atoms with Crippen LogP contribution in [0, 0.1) is 6.92 Å². The smallest absolute Gasteiger partial charge is 0.409 e. The number of hydrogen-bond donors (Lipinski definition) is 0. The number of fused-ring (bicyclic) bond motifs is 1. The Kier molecular flexibility index (Phi) is 8.18. The van der Waals surface area contributed by atoms with E-state index in [1.165, 1.54) is 0 Å². The molecule has 3 heterocycles. The first-order valence-corrected chi connectivity index (χ1v) is 12.6. The summed E-state index contributed by atoms with van der Waals surface area (Å²) in [4.78, 5) is 34.6. The van der Waals surface area contributed by atoms with E-state index >= 15 is 0 Å². The minimum Gasteiger partial charge on any atom is -0.449 e. The summed E-state index contributed by atoms with van der Waals surface area (Å²) in [6.45, 7) is 7.04. The second-order valence-corrected chi connectivity index (χ2v) is 9.53. The molecule has 0 saturated carbocycles. The monoisotopic (exact) mass is 476 g/mol. The van der Waals surface area contributed by atoms with Gasteiger partial charge >= 0.3 is 6.09 Å². The van der Waals surface area contributed by atoms with Crippen LogP contribution in [0.5, 0.6) is 0 Å². The van der Waals surface area contributed by atoms with E-state index in [-0.39, 0.29) is 17.6 Å². The predicted molar refractivity (Wildman–Crippen MR) is 138 cm³/mol. The van der Waals surface area contributed by atoms with E-state index in [1.54, 1.807) is 0 Å². The molecule has 7 nitrogen and oxygen atoms in total. The summed E-state index contributed by atoms with van der Waals surface area (Å²) in [6, 6.07) is 12.0. The van der Waals surface area contributed by atoms with Crippen molar-refractivity contribution in [2.75, 3.05) is 19.7 Å². The molecule has 0 unspecified atom stereocenters. The summed E-state index contributed by atoms with van der Waals surface area (Å²) < 4.78 is 7.52. The van der Waals surface area contributed by atoms with E-state index in [0.717, 1.165) is 53.4 Å². The SMILES string of the molecule is CCCCOC(=O)N1CCC[C@H](N(Cc2ccnc(C)c2)Cc2cn(C)c3ccccc3c2=O)C1. The molecule has 0 bridgehead atoms. The highest BCUT2D eigenvalue weighted by atomic mass is 16.6. The third-order valence-corrected chi connectivity index (χ3v) is 6.78. The molecule has 1 aliphatic rings.